The maximum absolute atomic E-state index is 14.1. The van der Waals surface area contributed by atoms with Crippen molar-refractivity contribution in [3.8, 4) is 0 Å². The number of anilines is 2. The number of nitrogens with one attached hydrogen (secondary N) is 2. The molecule has 0 aromatic carbocycles. The molecule has 2 N–H and O–H groups in total. The second-order valence-corrected chi connectivity index (χ2v) is 4.09. The first kappa shape index (κ1) is 14.0. The molecule has 0 aliphatic carbocycles. The van der Waals surface area contributed by atoms with Gasteiger partial charge in [-0.15, -0.1) is 0 Å². The summed E-state index contributed by atoms with van der Waals surface area (Å²) in [6.45, 7) is 4.99. The fourth-order valence-electron chi connectivity index (χ4n) is 1.71. The van der Waals surface area contributed by atoms with Crippen molar-refractivity contribution in [2.75, 3.05) is 17.2 Å². The van der Waals surface area contributed by atoms with Crippen molar-refractivity contribution in [2.24, 2.45) is 0 Å². The van der Waals surface area contributed by atoms with Gasteiger partial charge >= 0.3 is 0 Å². The van der Waals surface area contributed by atoms with Gasteiger partial charge in [-0.05, 0) is 19.9 Å². The molecule has 0 radical (unpaired) electrons. The van der Waals surface area contributed by atoms with Gasteiger partial charge in [-0.25, -0.2) is 9.37 Å². The van der Waals surface area contributed by atoms with E-state index in [1.165, 1.54) is 18.5 Å². The molecule has 0 saturated heterocycles. The maximum atomic E-state index is 14.1. The van der Waals surface area contributed by atoms with Crippen molar-refractivity contribution < 1.29 is 9.18 Å². The van der Waals surface area contributed by atoms with Crippen molar-refractivity contribution >= 4 is 17.4 Å². The number of pyridine rings is 1. The molecule has 2 aromatic heterocycles. The van der Waals surface area contributed by atoms with Gasteiger partial charge in [0.2, 0.25) is 0 Å². The third-order valence-corrected chi connectivity index (χ3v) is 2.69. The van der Waals surface area contributed by atoms with Crippen LogP contribution in [-0.4, -0.2) is 27.2 Å². The van der Waals surface area contributed by atoms with Crippen LogP contribution in [0.25, 0.3) is 0 Å². The van der Waals surface area contributed by atoms with Gasteiger partial charge in [0.05, 0.1) is 17.4 Å². The molecule has 0 aliphatic rings. The highest BCUT2D eigenvalue weighted by Crippen LogP contribution is 2.16. The van der Waals surface area contributed by atoms with E-state index in [0.29, 0.717) is 18.8 Å². The van der Waals surface area contributed by atoms with Gasteiger partial charge in [-0.2, -0.15) is 5.10 Å². The van der Waals surface area contributed by atoms with E-state index in [1.807, 2.05) is 13.8 Å². The monoisotopic (exact) mass is 277 g/mol. The lowest BCUT2D eigenvalue weighted by Crippen LogP contribution is -2.15. The topological polar surface area (TPSA) is 71.8 Å². The van der Waals surface area contributed by atoms with Crippen LogP contribution in [0.5, 0.6) is 0 Å². The van der Waals surface area contributed by atoms with Gasteiger partial charge < -0.3 is 10.6 Å². The number of hydrogen-bond donors (Lipinski definition) is 2. The third kappa shape index (κ3) is 2.93. The predicted molar refractivity (Wildman–Crippen MR) is 74.2 cm³/mol. The molecule has 106 valence electrons. The molecular formula is C13H16FN5O. The SMILES string of the molecule is CCNc1nccc(C(=O)Nc2cnn(CC)c2)c1F. The van der Waals surface area contributed by atoms with Gasteiger partial charge in [0.15, 0.2) is 11.6 Å². The van der Waals surface area contributed by atoms with E-state index in [4.69, 9.17) is 0 Å². The van der Waals surface area contributed by atoms with Crippen LogP contribution in [0.4, 0.5) is 15.9 Å². The van der Waals surface area contributed by atoms with E-state index in [-0.39, 0.29) is 11.4 Å². The molecule has 0 unspecified atom stereocenters. The summed E-state index contributed by atoms with van der Waals surface area (Å²) < 4.78 is 15.7. The number of rotatable bonds is 5. The summed E-state index contributed by atoms with van der Waals surface area (Å²) in [4.78, 5) is 15.9. The van der Waals surface area contributed by atoms with Crippen LogP contribution in [0, 0.1) is 5.82 Å². The first-order chi connectivity index (χ1) is 9.65. The zero-order chi connectivity index (χ0) is 14.5. The number of carbonyl (C=O) groups excluding carboxylic acids is 1. The van der Waals surface area contributed by atoms with Crippen molar-refractivity contribution in [1.29, 1.82) is 0 Å². The van der Waals surface area contributed by atoms with E-state index in [2.05, 4.69) is 20.7 Å². The molecule has 7 heteroatoms. The summed E-state index contributed by atoms with van der Waals surface area (Å²) in [6.07, 6.45) is 4.60. The third-order valence-electron chi connectivity index (χ3n) is 2.69. The molecule has 2 heterocycles. The van der Waals surface area contributed by atoms with Crippen molar-refractivity contribution in [3.63, 3.8) is 0 Å². The number of halogens is 1. The van der Waals surface area contributed by atoms with Gasteiger partial charge in [0.25, 0.3) is 5.91 Å². The fraction of sp³-hybridized carbons (Fsp3) is 0.308. The summed E-state index contributed by atoms with van der Waals surface area (Å²) >= 11 is 0. The lowest BCUT2D eigenvalue weighted by atomic mass is 10.2. The normalized spacial score (nSPS) is 10.3. The Morgan fingerprint density at radius 3 is 2.90 bits per heavy atom. The molecule has 2 rings (SSSR count). The molecule has 20 heavy (non-hydrogen) atoms. The zero-order valence-corrected chi connectivity index (χ0v) is 11.4. The second kappa shape index (κ2) is 6.14. The van der Waals surface area contributed by atoms with Gasteiger partial charge in [-0.3, -0.25) is 9.48 Å². The Morgan fingerprint density at radius 1 is 1.45 bits per heavy atom. The van der Waals surface area contributed by atoms with E-state index in [0.717, 1.165) is 0 Å². The van der Waals surface area contributed by atoms with Crippen molar-refractivity contribution in [1.82, 2.24) is 14.8 Å². The summed E-state index contributed by atoms with van der Waals surface area (Å²) in [5.41, 5.74) is 0.471. The second-order valence-electron chi connectivity index (χ2n) is 4.09. The Balaban J connectivity index is 2.18. The highest BCUT2D eigenvalue weighted by atomic mass is 19.1. The van der Waals surface area contributed by atoms with E-state index < -0.39 is 11.7 Å². The molecule has 6 nitrogen and oxygen atoms in total. The first-order valence-electron chi connectivity index (χ1n) is 6.37. The standard InChI is InChI=1S/C13H16FN5O/c1-3-15-12-11(14)10(5-6-16-12)13(20)18-9-7-17-19(4-2)8-9/h5-8H,3-4H2,1-2H3,(H,15,16)(H,18,20). The molecule has 0 aliphatic heterocycles. The molecule has 0 spiro atoms. The number of aryl methyl sites for hydroxylation is 1. The van der Waals surface area contributed by atoms with Crippen LogP contribution in [0.1, 0.15) is 24.2 Å². The van der Waals surface area contributed by atoms with Crippen LogP contribution in [0.15, 0.2) is 24.7 Å². The predicted octanol–water partition coefficient (Wildman–Crippen LogP) is 2.12. The number of carbonyl (C=O) groups is 1. The quantitative estimate of drug-likeness (QED) is 0.878. The zero-order valence-electron chi connectivity index (χ0n) is 11.4. The van der Waals surface area contributed by atoms with E-state index in [9.17, 15) is 9.18 Å². The summed E-state index contributed by atoms with van der Waals surface area (Å²) in [6, 6.07) is 1.34. The van der Waals surface area contributed by atoms with E-state index >= 15 is 0 Å². The van der Waals surface area contributed by atoms with Gasteiger partial charge in [-0.1, -0.05) is 0 Å². The largest absolute Gasteiger partial charge is 0.368 e. The number of amides is 1. The van der Waals surface area contributed by atoms with E-state index in [1.54, 1.807) is 10.9 Å². The van der Waals surface area contributed by atoms with Crippen LogP contribution >= 0.6 is 0 Å². The number of aromatic nitrogens is 3. The van der Waals surface area contributed by atoms with Gasteiger partial charge in [0, 0.05) is 25.5 Å². The Labute approximate surface area is 116 Å². The van der Waals surface area contributed by atoms with Crippen LogP contribution in [0.3, 0.4) is 0 Å². The molecule has 2 aromatic rings. The Hall–Kier alpha value is -2.44. The molecule has 0 saturated carbocycles. The smallest absolute Gasteiger partial charge is 0.258 e. The maximum Gasteiger partial charge on any atom is 0.258 e. The molecule has 0 atom stereocenters. The average molecular weight is 277 g/mol. The Kier molecular flexibility index (Phi) is 4.29. The Bertz CT molecular complexity index is 611. The highest BCUT2D eigenvalue weighted by molar-refractivity contribution is 6.04. The highest BCUT2D eigenvalue weighted by Gasteiger charge is 2.16. The minimum absolute atomic E-state index is 0.0554. The average Bonchev–Trinajstić information content (AvgIpc) is 2.89. The molecule has 1 amide bonds. The summed E-state index contributed by atoms with van der Waals surface area (Å²) in [7, 11) is 0. The van der Waals surface area contributed by atoms with Crippen molar-refractivity contribution in [2.45, 2.75) is 20.4 Å². The van der Waals surface area contributed by atoms with Crippen LogP contribution < -0.4 is 10.6 Å². The first-order valence-corrected chi connectivity index (χ1v) is 6.37. The number of nitrogens with zero attached hydrogens (tertiary/aromatic N) is 3. The number of hydrogen-bond acceptors (Lipinski definition) is 4. The van der Waals surface area contributed by atoms with Crippen molar-refractivity contribution in [3.05, 3.63) is 36.0 Å². The lowest BCUT2D eigenvalue weighted by molar-refractivity contribution is 0.102. The van der Waals surface area contributed by atoms with Gasteiger partial charge in [0.1, 0.15) is 0 Å². The summed E-state index contributed by atoms with van der Waals surface area (Å²) in [5, 5.41) is 9.41. The minimum atomic E-state index is -0.658. The molecule has 0 fully saturated rings. The molecular weight excluding hydrogens is 261 g/mol. The fourth-order valence-corrected chi connectivity index (χ4v) is 1.71. The Morgan fingerprint density at radius 2 is 2.25 bits per heavy atom. The molecule has 0 bridgehead atoms. The van der Waals surface area contributed by atoms with Crippen LogP contribution in [-0.2, 0) is 6.54 Å². The van der Waals surface area contributed by atoms with Crippen LogP contribution in [0.2, 0.25) is 0 Å². The summed E-state index contributed by atoms with van der Waals surface area (Å²) in [5.74, 6) is -1.11. The minimum Gasteiger partial charge on any atom is -0.368 e. The lowest BCUT2D eigenvalue weighted by Gasteiger charge is -2.08.